The van der Waals surface area contributed by atoms with Gasteiger partial charge in [-0.05, 0) is 55.8 Å². The highest BCUT2D eigenvalue weighted by atomic mass is 19.1. The van der Waals surface area contributed by atoms with Crippen molar-refractivity contribution in [3.8, 4) is 0 Å². The third kappa shape index (κ3) is 1.93. The second-order valence-corrected chi connectivity index (χ2v) is 5.96. The highest BCUT2D eigenvalue weighted by molar-refractivity contribution is 4.98. The summed E-state index contributed by atoms with van der Waals surface area (Å²) in [7, 11) is 0. The van der Waals surface area contributed by atoms with Crippen LogP contribution in [0.5, 0.6) is 0 Å². The van der Waals surface area contributed by atoms with Gasteiger partial charge in [-0.3, -0.25) is 0 Å². The molecule has 2 heteroatoms. The molecule has 15 heavy (non-hydrogen) atoms. The van der Waals surface area contributed by atoms with Gasteiger partial charge >= 0.3 is 0 Å². The first-order chi connectivity index (χ1) is 7.00. The first-order valence-corrected chi connectivity index (χ1v) is 6.32. The lowest BCUT2D eigenvalue weighted by molar-refractivity contribution is -0.0787. The average Bonchev–Trinajstić information content (AvgIpc) is 2.16. The van der Waals surface area contributed by atoms with Crippen LogP contribution in [0.25, 0.3) is 0 Å². The van der Waals surface area contributed by atoms with E-state index >= 15 is 0 Å². The molecule has 6 atom stereocenters. The van der Waals surface area contributed by atoms with E-state index in [0.29, 0.717) is 30.1 Å². The molecule has 3 fully saturated rings. The molecule has 88 valence electrons. The first kappa shape index (κ1) is 11.4. The number of fused-ring (bicyclic) bond motifs is 3. The van der Waals surface area contributed by atoms with Crippen LogP contribution in [0, 0.1) is 29.6 Å². The van der Waals surface area contributed by atoms with Crippen molar-refractivity contribution in [2.75, 3.05) is 0 Å². The molecule has 0 aromatic carbocycles. The Morgan fingerprint density at radius 3 is 2.20 bits per heavy atom. The van der Waals surface area contributed by atoms with Crippen molar-refractivity contribution in [3.05, 3.63) is 0 Å². The first-order valence-electron chi connectivity index (χ1n) is 6.32. The number of halogens is 1. The van der Waals surface area contributed by atoms with Gasteiger partial charge in [0.05, 0.1) is 6.10 Å². The van der Waals surface area contributed by atoms with Crippen molar-refractivity contribution in [1.29, 1.82) is 0 Å². The maximum atomic E-state index is 13.8. The van der Waals surface area contributed by atoms with Crippen molar-refractivity contribution >= 4 is 0 Å². The molecule has 2 bridgehead atoms. The Kier molecular flexibility index (Phi) is 3.07. The summed E-state index contributed by atoms with van der Waals surface area (Å²) in [6.07, 6.45) is 1.89. The van der Waals surface area contributed by atoms with E-state index in [9.17, 15) is 9.50 Å². The number of hydrogen-bond donors (Lipinski definition) is 1. The van der Waals surface area contributed by atoms with Gasteiger partial charge in [-0.25, -0.2) is 4.39 Å². The summed E-state index contributed by atoms with van der Waals surface area (Å²) < 4.78 is 13.8. The van der Waals surface area contributed by atoms with Gasteiger partial charge in [-0.15, -0.1) is 0 Å². The second-order valence-electron chi connectivity index (χ2n) is 5.96. The summed E-state index contributed by atoms with van der Waals surface area (Å²) in [6, 6.07) is 0. The van der Waals surface area contributed by atoms with Gasteiger partial charge in [0.1, 0.15) is 6.17 Å². The zero-order chi connectivity index (χ0) is 11.2. The van der Waals surface area contributed by atoms with Gasteiger partial charge in [0.15, 0.2) is 0 Å². The lowest BCUT2D eigenvalue weighted by Gasteiger charge is -2.51. The topological polar surface area (TPSA) is 20.2 Å². The highest BCUT2D eigenvalue weighted by Crippen LogP contribution is 2.52. The molecule has 0 spiro atoms. The average molecular weight is 214 g/mol. The van der Waals surface area contributed by atoms with E-state index < -0.39 is 6.17 Å². The third-order valence-corrected chi connectivity index (χ3v) is 4.74. The zero-order valence-corrected chi connectivity index (χ0v) is 9.99. The molecule has 3 saturated carbocycles. The van der Waals surface area contributed by atoms with Crippen molar-refractivity contribution in [3.63, 3.8) is 0 Å². The molecule has 0 heterocycles. The van der Waals surface area contributed by atoms with Crippen LogP contribution in [0.2, 0.25) is 0 Å². The van der Waals surface area contributed by atoms with Crippen LogP contribution in [0.3, 0.4) is 0 Å². The summed E-state index contributed by atoms with van der Waals surface area (Å²) in [6.45, 7) is 6.27. The predicted molar refractivity (Wildman–Crippen MR) is 59.2 cm³/mol. The van der Waals surface area contributed by atoms with Crippen LogP contribution in [0.4, 0.5) is 4.39 Å². The van der Waals surface area contributed by atoms with Crippen molar-refractivity contribution in [2.24, 2.45) is 29.6 Å². The molecule has 0 aliphatic heterocycles. The molecule has 0 aromatic heterocycles. The normalized spacial score (nSPS) is 47.2. The molecule has 0 radical (unpaired) electrons. The number of hydrogen-bond acceptors (Lipinski definition) is 1. The molecule has 3 rings (SSSR count). The van der Waals surface area contributed by atoms with Crippen LogP contribution < -0.4 is 0 Å². The molecule has 3 aliphatic rings. The molecular weight excluding hydrogens is 191 g/mol. The molecule has 1 nitrogen and oxygen atoms in total. The van der Waals surface area contributed by atoms with Gasteiger partial charge < -0.3 is 5.11 Å². The number of aliphatic hydroxyl groups excluding tert-OH is 1. The van der Waals surface area contributed by atoms with E-state index in [0.717, 1.165) is 12.8 Å². The largest absolute Gasteiger partial charge is 0.393 e. The van der Waals surface area contributed by atoms with E-state index in [1.165, 1.54) is 0 Å². The van der Waals surface area contributed by atoms with Crippen LogP contribution in [-0.2, 0) is 0 Å². The van der Waals surface area contributed by atoms with Crippen LogP contribution >= 0.6 is 0 Å². The maximum Gasteiger partial charge on any atom is 0.103 e. The number of rotatable bonds is 2. The number of alkyl halides is 1. The summed E-state index contributed by atoms with van der Waals surface area (Å²) in [5.74, 6) is 2.14. The van der Waals surface area contributed by atoms with Crippen molar-refractivity contribution in [1.82, 2.24) is 0 Å². The van der Waals surface area contributed by atoms with E-state index in [2.05, 4.69) is 13.8 Å². The fourth-order valence-electron chi connectivity index (χ4n) is 3.89. The minimum atomic E-state index is -0.605. The fraction of sp³-hybridized carbons (Fsp3) is 1.00. The van der Waals surface area contributed by atoms with Crippen molar-refractivity contribution < 1.29 is 9.50 Å². The summed E-state index contributed by atoms with van der Waals surface area (Å²) in [5, 5.41) is 9.69. The molecule has 1 N–H and O–H groups in total. The maximum absolute atomic E-state index is 13.8. The lowest BCUT2D eigenvalue weighted by Crippen LogP contribution is -2.48. The molecular formula is C13H23FO. The molecule has 6 unspecified atom stereocenters. The van der Waals surface area contributed by atoms with Crippen LogP contribution in [-0.4, -0.2) is 17.4 Å². The molecule has 3 aliphatic carbocycles. The van der Waals surface area contributed by atoms with Crippen molar-refractivity contribution in [2.45, 2.75) is 52.3 Å². The smallest absolute Gasteiger partial charge is 0.103 e. The quantitative estimate of drug-likeness (QED) is 0.749. The Balaban J connectivity index is 2.11. The van der Waals surface area contributed by atoms with Crippen LogP contribution in [0.1, 0.15) is 40.0 Å². The second kappa shape index (κ2) is 4.04. The fourth-order valence-corrected chi connectivity index (χ4v) is 3.89. The Morgan fingerprint density at radius 2 is 1.73 bits per heavy atom. The van der Waals surface area contributed by atoms with E-state index in [1.54, 1.807) is 0 Å². The minimum absolute atomic E-state index is 0.217. The molecule has 0 amide bonds. The number of aliphatic hydroxyl groups is 1. The Labute approximate surface area is 92.1 Å². The predicted octanol–water partition coefficient (Wildman–Crippen LogP) is 3.02. The Bertz CT molecular complexity index is 227. The van der Waals surface area contributed by atoms with Crippen LogP contribution in [0.15, 0.2) is 0 Å². The highest BCUT2D eigenvalue weighted by Gasteiger charge is 2.49. The molecule has 0 saturated heterocycles. The third-order valence-electron chi connectivity index (χ3n) is 4.74. The van der Waals surface area contributed by atoms with E-state index in [-0.39, 0.29) is 12.0 Å². The lowest BCUT2D eigenvalue weighted by atomic mass is 9.56. The van der Waals surface area contributed by atoms with Gasteiger partial charge in [-0.1, -0.05) is 13.8 Å². The monoisotopic (exact) mass is 214 g/mol. The van der Waals surface area contributed by atoms with E-state index in [4.69, 9.17) is 0 Å². The SMILES string of the molecule is CC(C)C1CC2CC(F)C1CC2C(C)O. The summed E-state index contributed by atoms with van der Waals surface area (Å²) in [4.78, 5) is 0. The molecule has 0 aromatic rings. The van der Waals surface area contributed by atoms with Gasteiger partial charge in [0.2, 0.25) is 0 Å². The summed E-state index contributed by atoms with van der Waals surface area (Å²) >= 11 is 0. The van der Waals surface area contributed by atoms with Gasteiger partial charge in [0, 0.05) is 0 Å². The Hall–Kier alpha value is -0.110. The standard InChI is InChI=1S/C13H23FO/c1-7(2)10-4-9-5-13(14)12(10)6-11(9)8(3)15/h7-13,15H,4-6H2,1-3H3. The van der Waals surface area contributed by atoms with Gasteiger partial charge in [0.25, 0.3) is 0 Å². The van der Waals surface area contributed by atoms with Gasteiger partial charge in [-0.2, -0.15) is 0 Å². The minimum Gasteiger partial charge on any atom is -0.393 e. The van der Waals surface area contributed by atoms with E-state index in [1.807, 2.05) is 6.92 Å². The zero-order valence-electron chi connectivity index (χ0n) is 9.99. The Morgan fingerprint density at radius 1 is 1.07 bits per heavy atom. The summed E-state index contributed by atoms with van der Waals surface area (Å²) in [5.41, 5.74) is 0.